The molecule has 0 unspecified atom stereocenters. The van der Waals surface area contributed by atoms with E-state index >= 15 is 0 Å². The topological polar surface area (TPSA) is 29.5 Å². The molecule has 1 rings (SSSR count). The number of aliphatic hydroxyl groups excluding tert-OH is 1. The van der Waals surface area contributed by atoms with Crippen molar-refractivity contribution < 1.29 is 9.84 Å². The molecule has 0 aliphatic heterocycles. The minimum Gasteiger partial charge on any atom is -0.496 e. The second kappa shape index (κ2) is 4.98. The first-order chi connectivity index (χ1) is 6.13. The lowest BCUT2D eigenvalue weighted by Gasteiger charge is -2.09. The molecule has 0 aliphatic rings. The third-order valence-electron chi connectivity index (χ3n) is 1.63. The predicted molar refractivity (Wildman–Crippen MR) is 59.3 cm³/mol. The molecule has 0 aromatic heterocycles. The largest absolute Gasteiger partial charge is 0.496 e. The molecule has 0 bridgehead atoms. The maximum absolute atomic E-state index is 9.16. The molecule has 0 radical (unpaired) electrons. The van der Waals surface area contributed by atoms with Crippen LogP contribution < -0.4 is 4.74 Å². The van der Waals surface area contributed by atoms with Crippen molar-refractivity contribution in [2.75, 3.05) is 7.11 Å². The van der Waals surface area contributed by atoms with Gasteiger partial charge in [0.25, 0.3) is 0 Å². The number of hydrogen-bond acceptors (Lipinski definition) is 2. The third kappa shape index (κ3) is 3.29. The summed E-state index contributed by atoms with van der Waals surface area (Å²) in [5.41, 5.74) is 0.973. The summed E-state index contributed by atoms with van der Waals surface area (Å²) in [4.78, 5) is 0. The summed E-state index contributed by atoms with van der Waals surface area (Å²) < 4.78 is 6.13. The van der Waals surface area contributed by atoms with Crippen molar-refractivity contribution in [3.63, 3.8) is 0 Å². The quantitative estimate of drug-likeness (QED) is 0.870. The van der Waals surface area contributed by atoms with Crippen LogP contribution in [0.4, 0.5) is 0 Å². The molecule has 1 aromatic rings. The molecule has 4 heteroatoms. The molecule has 0 heterocycles. The highest BCUT2D eigenvalue weighted by Gasteiger charge is 2.07. The molecule has 1 aromatic carbocycles. The van der Waals surface area contributed by atoms with E-state index in [-0.39, 0.29) is 0 Å². The number of benzene rings is 1. The maximum Gasteiger partial charge on any atom is 0.122 e. The summed E-state index contributed by atoms with van der Waals surface area (Å²) in [6, 6.07) is 5.71. The van der Waals surface area contributed by atoms with Gasteiger partial charge in [-0.05, 0) is 23.8 Å². The highest BCUT2D eigenvalue weighted by Crippen LogP contribution is 2.24. The zero-order valence-corrected chi connectivity index (χ0v) is 10.3. The molecule has 0 saturated carbocycles. The van der Waals surface area contributed by atoms with Crippen LogP contribution in [-0.4, -0.2) is 17.2 Å². The van der Waals surface area contributed by atoms with Crippen molar-refractivity contribution in [1.29, 1.82) is 0 Å². The predicted octanol–water partition coefficient (Wildman–Crippen LogP) is 2.71. The fourth-order valence-electron chi connectivity index (χ4n) is 1.09. The Morgan fingerprint density at radius 3 is 2.77 bits per heavy atom. The molecule has 0 amide bonds. The normalized spacial score (nSPS) is 12.6. The highest BCUT2D eigenvalue weighted by atomic mass is 79.9. The molecule has 0 saturated heterocycles. The van der Waals surface area contributed by atoms with Crippen LogP contribution in [-0.2, 0) is 6.42 Å². The molecule has 13 heavy (non-hydrogen) atoms. The minimum atomic E-state index is -0.532. The molecule has 0 aliphatic carbocycles. The van der Waals surface area contributed by atoms with Gasteiger partial charge in [0.1, 0.15) is 10.8 Å². The number of rotatable bonds is 3. The average Bonchev–Trinajstić information content (AvgIpc) is 2.03. The van der Waals surface area contributed by atoms with Gasteiger partial charge in [0.05, 0.1) is 7.11 Å². The summed E-state index contributed by atoms with van der Waals surface area (Å²) in [5, 5.41) is 8.63. The number of ether oxygens (including phenoxy) is 1. The van der Waals surface area contributed by atoms with Crippen LogP contribution in [0.3, 0.4) is 0 Å². The Kier molecular flexibility index (Phi) is 4.22. The van der Waals surface area contributed by atoms with Crippen molar-refractivity contribution in [2.45, 2.75) is 11.4 Å². The summed E-state index contributed by atoms with van der Waals surface area (Å²) in [7, 11) is 1.62. The van der Waals surface area contributed by atoms with Crippen molar-refractivity contribution >= 4 is 31.9 Å². The lowest BCUT2D eigenvalue weighted by atomic mass is 10.1. The van der Waals surface area contributed by atoms with Crippen molar-refractivity contribution in [2.24, 2.45) is 0 Å². The first kappa shape index (κ1) is 11.0. The van der Waals surface area contributed by atoms with Crippen LogP contribution in [0, 0.1) is 0 Å². The van der Waals surface area contributed by atoms with Gasteiger partial charge in [-0.25, -0.2) is 0 Å². The molecule has 1 atom stereocenters. The SMILES string of the molecule is COc1ccc(Br)cc1C[C@@H](O)Br. The zero-order valence-electron chi connectivity index (χ0n) is 7.13. The summed E-state index contributed by atoms with van der Waals surface area (Å²) >= 11 is 6.45. The van der Waals surface area contributed by atoms with E-state index in [1.165, 1.54) is 0 Å². The first-order valence-corrected chi connectivity index (χ1v) is 5.49. The van der Waals surface area contributed by atoms with Crippen LogP contribution in [0.1, 0.15) is 5.56 Å². The smallest absolute Gasteiger partial charge is 0.122 e. The monoisotopic (exact) mass is 308 g/mol. The van der Waals surface area contributed by atoms with Gasteiger partial charge in [-0.3, -0.25) is 0 Å². The zero-order chi connectivity index (χ0) is 9.84. The number of alkyl halides is 1. The minimum absolute atomic E-state index is 0.530. The van der Waals surface area contributed by atoms with Crippen LogP contribution >= 0.6 is 31.9 Å². The number of hydrogen-bond donors (Lipinski definition) is 1. The fourth-order valence-corrected chi connectivity index (χ4v) is 1.85. The van der Waals surface area contributed by atoms with E-state index < -0.39 is 5.01 Å². The second-order valence-electron chi connectivity index (χ2n) is 2.59. The summed E-state index contributed by atoms with van der Waals surface area (Å²) in [5.74, 6) is 0.793. The van der Waals surface area contributed by atoms with Crippen molar-refractivity contribution in [3.05, 3.63) is 28.2 Å². The number of methoxy groups -OCH3 is 1. The molecule has 1 N–H and O–H groups in total. The number of aliphatic hydroxyl groups is 1. The lowest BCUT2D eigenvalue weighted by Crippen LogP contribution is -2.02. The van der Waals surface area contributed by atoms with Gasteiger partial charge >= 0.3 is 0 Å². The van der Waals surface area contributed by atoms with Gasteiger partial charge < -0.3 is 9.84 Å². The Balaban J connectivity index is 2.94. The Morgan fingerprint density at radius 1 is 1.54 bits per heavy atom. The maximum atomic E-state index is 9.16. The van der Waals surface area contributed by atoms with Crippen molar-refractivity contribution in [1.82, 2.24) is 0 Å². The lowest BCUT2D eigenvalue weighted by molar-refractivity contribution is 0.268. The van der Waals surface area contributed by atoms with E-state index in [1.807, 2.05) is 18.2 Å². The van der Waals surface area contributed by atoms with E-state index in [0.29, 0.717) is 6.42 Å². The molecule has 0 spiro atoms. The summed E-state index contributed by atoms with van der Waals surface area (Å²) in [6.45, 7) is 0. The van der Waals surface area contributed by atoms with E-state index in [9.17, 15) is 0 Å². The standard InChI is InChI=1S/C9H10Br2O2/c1-13-8-3-2-7(10)4-6(8)5-9(11)12/h2-4,9,12H,5H2,1H3/t9-/m1/s1. The molecule has 2 nitrogen and oxygen atoms in total. The van der Waals surface area contributed by atoms with Gasteiger partial charge in [-0.1, -0.05) is 31.9 Å². The van der Waals surface area contributed by atoms with Gasteiger partial charge in [-0.2, -0.15) is 0 Å². The Labute approximate surface area is 94.2 Å². The van der Waals surface area contributed by atoms with Crippen LogP contribution in [0.5, 0.6) is 5.75 Å². The van der Waals surface area contributed by atoms with Gasteiger partial charge in [0.2, 0.25) is 0 Å². The second-order valence-corrected chi connectivity index (χ2v) is 4.57. The Morgan fingerprint density at radius 2 is 2.23 bits per heavy atom. The Hall–Kier alpha value is -0.0600. The average molecular weight is 310 g/mol. The molecule has 0 fully saturated rings. The van der Waals surface area contributed by atoms with E-state index in [1.54, 1.807) is 7.11 Å². The van der Waals surface area contributed by atoms with E-state index in [4.69, 9.17) is 9.84 Å². The third-order valence-corrected chi connectivity index (χ3v) is 2.45. The van der Waals surface area contributed by atoms with Crippen LogP contribution in [0.2, 0.25) is 0 Å². The fraction of sp³-hybridized carbons (Fsp3) is 0.333. The van der Waals surface area contributed by atoms with Gasteiger partial charge in [0.15, 0.2) is 0 Å². The van der Waals surface area contributed by atoms with Crippen molar-refractivity contribution in [3.8, 4) is 5.75 Å². The van der Waals surface area contributed by atoms with Gasteiger partial charge in [-0.15, -0.1) is 0 Å². The van der Waals surface area contributed by atoms with E-state index in [0.717, 1.165) is 15.8 Å². The summed E-state index contributed by atoms with van der Waals surface area (Å²) in [6.07, 6.45) is 0.530. The van der Waals surface area contributed by atoms with E-state index in [2.05, 4.69) is 31.9 Å². The van der Waals surface area contributed by atoms with Crippen LogP contribution in [0.15, 0.2) is 22.7 Å². The van der Waals surface area contributed by atoms with Crippen LogP contribution in [0.25, 0.3) is 0 Å². The molecular formula is C9H10Br2O2. The Bertz CT molecular complexity index is 287. The first-order valence-electron chi connectivity index (χ1n) is 3.78. The molecular weight excluding hydrogens is 300 g/mol. The number of halogens is 2. The highest BCUT2D eigenvalue weighted by molar-refractivity contribution is 9.10. The molecule has 72 valence electrons. The van der Waals surface area contributed by atoms with Gasteiger partial charge in [0, 0.05) is 10.9 Å².